The van der Waals surface area contributed by atoms with Crippen molar-refractivity contribution in [3.05, 3.63) is 24.3 Å². The van der Waals surface area contributed by atoms with Crippen LogP contribution in [0.1, 0.15) is 32.6 Å². The minimum absolute atomic E-state index is 0.270. The van der Waals surface area contributed by atoms with Crippen molar-refractivity contribution >= 4 is 5.69 Å². The van der Waals surface area contributed by atoms with Gasteiger partial charge in [-0.2, -0.15) is 13.2 Å². The molecule has 1 aromatic carbocycles. The number of alkyl halides is 3. The topological polar surface area (TPSA) is 21.3 Å². The van der Waals surface area contributed by atoms with E-state index in [9.17, 15) is 13.2 Å². The van der Waals surface area contributed by atoms with Gasteiger partial charge in [-0.3, -0.25) is 0 Å². The Balaban J connectivity index is 2.04. The highest BCUT2D eigenvalue weighted by molar-refractivity contribution is 5.57. The summed E-state index contributed by atoms with van der Waals surface area (Å²) in [4.78, 5) is 0. The van der Waals surface area contributed by atoms with Gasteiger partial charge in [-0.15, -0.1) is 0 Å². The summed E-state index contributed by atoms with van der Waals surface area (Å²) in [6, 6.07) is 7.16. The SMILES string of the molecule is CCC1CCCC1Nc1ccccc1OCC(F)(F)F. The minimum Gasteiger partial charge on any atom is -0.482 e. The van der Waals surface area contributed by atoms with Gasteiger partial charge < -0.3 is 10.1 Å². The molecule has 1 aliphatic rings. The standard InChI is InChI=1S/C15H20F3NO/c1-2-11-6-5-8-12(11)19-13-7-3-4-9-14(13)20-10-15(16,17)18/h3-4,7,9,11-12,19H,2,5-6,8,10H2,1H3. The molecule has 0 heterocycles. The smallest absolute Gasteiger partial charge is 0.422 e. The van der Waals surface area contributed by atoms with Crippen molar-refractivity contribution in [2.24, 2.45) is 5.92 Å². The Morgan fingerprint density at radius 2 is 2.00 bits per heavy atom. The van der Waals surface area contributed by atoms with E-state index in [0.29, 0.717) is 17.6 Å². The predicted molar refractivity (Wildman–Crippen MR) is 73.0 cm³/mol. The molecule has 0 bridgehead atoms. The van der Waals surface area contributed by atoms with Crippen molar-refractivity contribution in [3.63, 3.8) is 0 Å². The molecule has 112 valence electrons. The lowest BCUT2D eigenvalue weighted by Gasteiger charge is -2.22. The van der Waals surface area contributed by atoms with Gasteiger partial charge in [0.25, 0.3) is 0 Å². The summed E-state index contributed by atoms with van der Waals surface area (Å²) in [5.41, 5.74) is 0.655. The number of ether oxygens (including phenoxy) is 1. The third kappa shape index (κ3) is 4.05. The van der Waals surface area contributed by atoms with Crippen molar-refractivity contribution in [1.29, 1.82) is 0 Å². The van der Waals surface area contributed by atoms with Crippen LogP contribution in [0.25, 0.3) is 0 Å². The van der Waals surface area contributed by atoms with Crippen LogP contribution >= 0.6 is 0 Å². The largest absolute Gasteiger partial charge is 0.482 e. The minimum atomic E-state index is -4.31. The summed E-state index contributed by atoms with van der Waals surface area (Å²) in [5, 5.41) is 3.35. The van der Waals surface area contributed by atoms with E-state index in [0.717, 1.165) is 12.8 Å². The van der Waals surface area contributed by atoms with Crippen LogP contribution in [0, 0.1) is 5.92 Å². The number of hydrogen-bond acceptors (Lipinski definition) is 2. The average Bonchev–Trinajstić information content (AvgIpc) is 2.84. The first-order chi connectivity index (χ1) is 9.49. The van der Waals surface area contributed by atoms with E-state index in [1.807, 2.05) is 0 Å². The fourth-order valence-corrected chi connectivity index (χ4v) is 2.79. The number of hydrogen-bond donors (Lipinski definition) is 1. The molecule has 2 nitrogen and oxygen atoms in total. The van der Waals surface area contributed by atoms with E-state index in [1.54, 1.807) is 24.3 Å². The normalized spacial score (nSPS) is 22.8. The van der Waals surface area contributed by atoms with Gasteiger partial charge in [0.1, 0.15) is 5.75 Å². The maximum atomic E-state index is 12.2. The highest BCUT2D eigenvalue weighted by Gasteiger charge is 2.29. The molecule has 0 spiro atoms. The number of para-hydroxylation sites is 2. The number of benzene rings is 1. The molecule has 1 aliphatic carbocycles. The van der Waals surface area contributed by atoms with Crippen LogP contribution in [0.5, 0.6) is 5.75 Å². The predicted octanol–water partition coefficient (Wildman–Crippen LogP) is 4.62. The van der Waals surface area contributed by atoms with Crippen molar-refractivity contribution in [2.75, 3.05) is 11.9 Å². The third-order valence-electron chi connectivity index (χ3n) is 3.80. The summed E-state index contributed by atoms with van der Waals surface area (Å²) >= 11 is 0. The van der Waals surface area contributed by atoms with Gasteiger partial charge in [0.15, 0.2) is 6.61 Å². The summed E-state index contributed by atoms with van der Waals surface area (Å²) < 4.78 is 41.6. The second kappa shape index (κ2) is 6.37. The number of halogens is 3. The maximum absolute atomic E-state index is 12.2. The summed E-state index contributed by atoms with van der Waals surface area (Å²) in [5.74, 6) is 0.859. The molecule has 5 heteroatoms. The Hall–Kier alpha value is -1.39. The molecule has 0 saturated heterocycles. The van der Waals surface area contributed by atoms with Gasteiger partial charge in [-0.1, -0.05) is 31.9 Å². The molecular weight excluding hydrogens is 267 g/mol. The lowest BCUT2D eigenvalue weighted by Crippen LogP contribution is -2.24. The van der Waals surface area contributed by atoms with E-state index < -0.39 is 12.8 Å². The zero-order valence-corrected chi connectivity index (χ0v) is 11.5. The first kappa shape index (κ1) is 15.0. The van der Waals surface area contributed by atoms with E-state index in [2.05, 4.69) is 12.2 Å². The summed E-state index contributed by atoms with van der Waals surface area (Å²) in [6.45, 7) is 0.893. The van der Waals surface area contributed by atoms with Gasteiger partial charge in [0.2, 0.25) is 0 Å². The lowest BCUT2D eigenvalue weighted by molar-refractivity contribution is -0.153. The van der Waals surface area contributed by atoms with Crippen LogP contribution in [0.15, 0.2) is 24.3 Å². The van der Waals surface area contributed by atoms with Crippen LogP contribution in [0.4, 0.5) is 18.9 Å². The first-order valence-corrected chi connectivity index (χ1v) is 7.04. The Kier molecular flexibility index (Phi) is 4.78. The van der Waals surface area contributed by atoms with E-state index in [4.69, 9.17) is 4.74 Å². The maximum Gasteiger partial charge on any atom is 0.422 e. The van der Waals surface area contributed by atoms with Crippen LogP contribution in [0.3, 0.4) is 0 Å². The van der Waals surface area contributed by atoms with Crippen LogP contribution in [-0.4, -0.2) is 18.8 Å². The highest BCUT2D eigenvalue weighted by atomic mass is 19.4. The fourth-order valence-electron chi connectivity index (χ4n) is 2.79. The molecule has 0 aliphatic heterocycles. The summed E-state index contributed by atoms with van der Waals surface area (Å²) in [7, 11) is 0. The Bertz CT molecular complexity index is 433. The highest BCUT2D eigenvalue weighted by Crippen LogP contribution is 2.34. The van der Waals surface area contributed by atoms with Crippen LogP contribution in [0.2, 0.25) is 0 Å². The van der Waals surface area contributed by atoms with Gasteiger partial charge in [0, 0.05) is 6.04 Å². The fraction of sp³-hybridized carbons (Fsp3) is 0.600. The summed E-state index contributed by atoms with van der Waals surface area (Å²) in [6.07, 6.45) is 0.184. The van der Waals surface area contributed by atoms with Crippen LogP contribution in [-0.2, 0) is 0 Å². The Morgan fingerprint density at radius 3 is 2.70 bits per heavy atom. The average molecular weight is 287 g/mol. The zero-order valence-electron chi connectivity index (χ0n) is 11.5. The molecule has 1 saturated carbocycles. The quantitative estimate of drug-likeness (QED) is 0.853. The Labute approximate surface area is 117 Å². The van der Waals surface area contributed by atoms with Crippen LogP contribution < -0.4 is 10.1 Å². The zero-order chi connectivity index (χ0) is 14.6. The van der Waals surface area contributed by atoms with Gasteiger partial charge in [-0.25, -0.2) is 0 Å². The van der Waals surface area contributed by atoms with Crippen molar-refractivity contribution in [2.45, 2.75) is 44.8 Å². The van der Waals surface area contributed by atoms with Gasteiger partial charge in [0.05, 0.1) is 5.69 Å². The van der Waals surface area contributed by atoms with Gasteiger partial charge in [-0.05, 0) is 30.9 Å². The molecule has 2 rings (SSSR count). The molecule has 1 aromatic rings. The van der Waals surface area contributed by atoms with E-state index in [1.165, 1.54) is 12.8 Å². The molecule has 20 heavy (non-hydrogen) atoms. The number of anilines is 1. The molecule has 0 radical (unpaired) electrons. The van der Waals surface area contributed by atoms with E-state index >= 15 is 0 Å². The number of rotatable bonds is 5. The molecule has 0 aromatic heterocycles. The second-order valence-electron chi connectivity index (χ2n) is 5.25. The second-order valence-corrected chi connectivity index (χ2v) is 5.25. The molecule has 0 amide bonds. The van der Waals surface area contributed by atoms with Crippen molar-refractivity contribution < 1.29 is 17.9 Å². The number of nitrogens with one attached hydrogen (secondary N) is 1. The first-order valence-electron chi connectivity index (χ1n) is 7.04. The molecule has 1 fully saturated rings. The third-order valence-corrected chi connectivity index (χ3v) is 3.80. The monoisotopic (exact) mass is 287 g/mol. The Morgan fingerprint density at radius 1 is 1.25 bits per heavy atom. The molecule has 2 unspecified atom stereocenters. The van der Waals surface area contributed by atoms with E-state index in [-0.39, 0.29) is 5.75 Å². The van der Waals surface area contributed by atoms with Crippen molar-refractivity contribution in [1.82, 2.24) is 0 Å². The molecule has 2 atom stereocenters. The van der Waals surface area contributed by atoms with Crippen molar-refractivity contribution in [3.8, 4) is 5.75 Å². The molecule has 1 N–H and O–H groups in total. The molecular formula is C15H20F3NO. The van der Waals surface area contributed by atoms with Gasteiger partial charge >= 0.3 is 6.18 Å². The lowest BCUT2D eigenvalue weighted by atomic mass is 10.0.